The van der Waals surface area contributed by atoms with Crippen molar-refractivity contribution in [2.75, 3.05) is 13.2 Å². The molecule has 0 saturated carbocycles. The maximum atomic E-state index is 12.6. The van der Waals surface area contributed by atoms with Gasteiger partial charge in [-0.1, -0.05) is 29.8 Å². The fraction of sp³-hybridized carbons (Fsp3) is 0.353. The summed E-state index contributed by atoms with van der Waals surface area (Å²) in [5, 5.41) is 3.41. The second-order valence-electron chi connectivity index (χ2n) is 5.18. The molecule has 1 aromatic rings. The topological polar surface area (TPSA) is 67.9 Å². The zero-order valence-corrected chi connectivity index (χ0v) is 15.7. The number of nitrogens with one attached hydrogen (secondary N) is 1. The highest BCUT2D eigenvalue weighted by atomic mass is 35.5. The predicted octanol–water partition coefficient (Wildman–Crippen LogP) is 3.56. The number of hydrogen-bond acceptors (Lipinski definition) is 5. The molecule has 1 aliphatic heterocycles. The van der Waals surface area contributed by atoms with E-state index >= 15 is 0 Å². The summed E-state index contributed by atoms with van der Waals surface area (Å²) in [7, 11) is 0. The quantitative estimate of drug-likeness (QED) is 0.634. The molecule has 134 valence electrons. The molecule has 1 aliphatic rings. The Hall–Kier alpha value is -2.12. The first-order chi connectivity index (χ1) is 11.9. The Bertz CT molecular complexity index is 735. The Morgan fingerprint density at radius 3 is 2.48 bits per heavy atom. The first-order valence-electron chi connectivity index (χ1n) is 7.81. The summed E-state index contributed by atoms with van der Waals surface area (Å²) >= 11 is 11.6. The molecule has 6 nitrogen and oxygen atoms in total. The van der Waals surface area contributed by atoms with E-state index in [1.54, 1.807) is 45.0 Å². The van der Waals surface area contributed by atoms with E-state index in [1.165, 1.54) is 4.90 Å². The second-order valence-corrected chi connectivity index (χ2v) is 5.98. The zero-order valence-electron chi connectivity index (χ0n) is 14.2. The van der Waals surface area contributed by atoms with Gasteiger partial charge in [-0.25, -0.2) is 14.5 Å². The van der Waals surface area contributed by atoms with Crippen molar-refractivity contribution in [2.45, 2.75) is 26.8 Å². The fourth-order valence-electron chi connectivity index (χ4n) is 2.59. The molecule has 1 unspecified atom stereocenters. The number of halogens is 1. The van der Waals surface area contributed by atoms with Crippen molar-refractivity contribution in [1.29, 1.82) is 0 Å². The van der Waals surface area contributed by atoms with Crippen LogP contribution in [0.2, 0.25) is 5.02 Å². The number of thiocarbonyl (C=S) groups is 1. The molecule has 0 radical (unpaired) electrons. The molecule has 0 aliphatic carbocycles. The molecule has 0 fully saturated rings. The number of rotatable bonds is 4. The van der Waals surface area contributed by atoms with Gasteiger partial charge in [-0.2, -0.15) is 0 Å². The highest BCUT2D eigenvalue weighted by Gasteiger charge is 2.41. The Kier molecular flexibility index (Phi) is 6.39. The third-order valence-electron chi connectivity index (χ3n) is 3.61. The van der Waals surface area contributed by atoms with Gasteiger partial charge in [0.1, 0.15) is 6.04 Å². The van der Waals surface area contributed by atoms with Crippen molar-refractivity contribution >= 4 is 41.0 Å². The number of esters is 1. The third kappa shape index (κ3) is 3.93. The summed E-state index contributed by atoms with van der Waals surface area (Å²) in [4.78, 5) is 26.3. The van der Waals surface area contributed by atoms with Crippen molar-refractivity contribution in [3.8, 4) is 0 Å². The summed E-state index contributed by atoms with van der Waals surface area (Å²) in [6.07, 6.45) is -0.667. The number of benzene rings is 1. The van der Waals surface area contributed by atoms with E-state index < -0.39 is 18.1 Å². The van der Waals surface area contributed by atoms with Crippen LogP contribution in [0, 0.1) is 0 Å². The summed E-state index contributed by atoms with van der Waals surface area (Å²) in [6.45, 7) is 5.47. The molecule has 8 heteroatoms. The van der Waals surface area contributed by atoms with E-state index in [1.807, 2.05) is 0 Å². The van der Waals surface area contributed by atoms with Crippen LogP contribution in [0.15, 0.2) is 35.5 Å². The average Bonchev–Trinajstić information content (AvgIpc) is 2.54. The molecule has 25 heavy (non-hydrogen) atoms. The zero-order chi connectivity index (χ0) is 18.6. The van der Waals surface area contributed by atoms with Gasteiger partial charge >= 0.3 is 12.1 Å². The van der Waals surface area contributed by atoms with Gasteiger partial charge in [0.15, 0.2) is 5.11 Å². The molecule has 1 heterocycles. The molecule has 1 N–H and O–H groups in total. The molecule has 1 atom stereocenters. The van der Waals surface area contributed by atoms with Gasteiger partial charge in [-0.05, 0) is 44.6 Å². The van der Waals surface area contributed by atoms with Crippen LogP contribution in [-0.4, -0.2) is 35.3 Å². The molecule has 0 saturated heterocycles. The van der Waals surface area contributed by atoms with Crippen LogP contribution in [0.5, 0.6) is 0 Å². The lowest BCUT2D eigenvalue weighted by Gasteiger charge is -2.37. The molecular weight excluding hydrogens is 364 g/mol. The van der Waals surface area contributed by atoms with Crippen LogP contribution >= 0.6 is 23.8 Å². The van der Waals surface area contributed by atoms with Crippen molar-refractivity contribution < 1.29 is 19.1 Å². The number of hydrogen-bond donors (Lipinski definition) is 1. The minimum atomic E-state index is -0.833. The van der Waals surface area contributed by atoms with E-state index in [9.17, 15) is 9.59 Å². The second kappa shape index (κ2) is 8.31. The number of amides is 1. The van der Waals surface area contributed by atoms with E-state index in [0.29, 0.717) is 16.3 Å². The normalized spacial score (nSPS) is 17.2. The lowest BCUT2D eigenvalue weighted by molar-refractivity contribution is -0.139. The first-order valence-corrected chi connectivity index (χ1v) is 8.60. The predicted molar refractivity (Wildman–Crippen MR) is 98.1 cm³/mol. The monoisotopic (exact) mass is 382 g/mol. The number of ether oxygens (including phenoxy) is 2. The Morgan fingerprint density at radius 1 is 1.24 bits per heavy atom. The maximum Gasteiger partial charge on any atom is 0.416 e. The van der Waals surface area contributed by atoms with Gasteiger partial charge in [-0.15, -0.1) is 0 Å². The largest absolute Gasteiger partial charge is 0.463 e. The molecule has 0 spiro atoms. The standard InChI is InChI=1S/C17H19ClN2O4S/c1-4-23-15(21)13-10(3)19-16(25)20(17(22)24-5-2)14(13)11-8-6-7-9-12(11)18/h6-9,14H,4-5H2,1-3H3,(H,19,25). The van der Waals surface area contributed by atoms with Crippen molar-refractivity contribution in [1.82, 2.24) is 10.2 Å². The van der Waals surface area contributed by atoms with Crippen molar-refractivity contribution in [2.24, 2.45) is 0 Å². The Balaban J connectivity index is 2.64. The van der Waals surface area contributed by atoms with Crippen LogP contribution in [-0.2, 0) is 14.3 Å². The maximum absolute atomic E-state index is 12.6. The number of allylic oxidation sites excluding steroid dienone is 1. The minimum absolute atomic E-state index is 0.133. The van der Waals surface area contributed by atoms with Gasteiger partial charge in [0.2, 0.25) is 0 Å². The van der Waals surface area contributed by atoms with E-state index in [0.717, 1.165) is 0 Å². The van der Waals surface area contributed by atoms with Gasteiger partial charge in [-0.3, -0.25) is 0 Å². The lowest BCUT2D eigenvalue weighted by Crippen LogP contribution is -2.51. The third-order valence-corrected chi connectivity index (χ3v) is 4.25. The van der Waals surface area contributed by atoms with Crippen LogP contribution < -0.4 is 5.32 Å². The molecule has 0 aromatic heterocycles. The number of carbonyl (C=O) groups excluding carboxylic acids is 2. The van der Waals surface area contributed by atoms with Crippen molar-refractivity contribution in [3.05, 3.63) is 46.1 Å². The van der Waals surface area contributed by atoms with Gasteiger partial charge in [0.05, 0.1) is 18.8 Å². The van der Waals surface area contributed by atoms with E-state index in [4.69, 9.17) is 33.3 Å². The van der Waals surface area contributed by atoms with E-state index in [2.05, 4.69) is 5.32 Å². The van der Waals surface area contributed by atoms with Crippen LogP contribution in [0.3, 0.4) is 0 Å². The Morgan fingerprint density at radius 2 is 1.88 bits per heavy atom. The van der Waals surface area contributed by atoms with Gasteiger partial charge in [0, 0.05) is 10.7 Å². The lowest BCUT2D eigenvalue weighted by atomic mass is 9.94. The Labute approximate surface area is 156 Å². The highest BCUT2D eigenvalue weighted by Crippen LogP contribution is 2.38. The summed E-state index contributed by atoms with van der Waals surface area (Å²) < 4.78 is 10.3. The average molecular weight is 383 g/mol. The summed E-state index contributed by atoms with van der Waals surface area (Å²) in [6, 6.07) is 6.12. The molecule has 0 bridgehead atoms. The first kappa shape index (κ1) is 19.2. The fourth-order valence-corrected chi connectivity index (χ4v) is 3.16. The van der Waals surface area contributed by atoms with Gasteiger partial charge in [0.25, 0.3) is 0 Å². The minimum Gasteiger partial charge on any atom is -0.463 e. The smallest absolute Gasteiger partial charge is 0.416 e. The van der Waals surface area contributed by atoms with Crippen LogP contribution in [0.4, 0.5) is 4.79 Å². The molecular formula is C17H19ClN2O4S. The molecule has 1 amide bonds. The molecule has 1 aromatic carbocycles. The SMILES string of the molecule is CCOC(=O)C1=C(C)NC(=S)N(C(=O)OCC)C1c1ccccc1Cl. The highest BCUT2D eigenvalue weighted by molar-refractivity contribution is 7.80. The van der Waals surface area contributed by atoms with Crippen LogP contribution in [0.25, 0.3) is 0 Å². The van der Waals surface area contributed by atoms with Crippen LogP contribution in [0.1, 0.15) is 32.4 Å². The molecule has 2 rings (SSSR count). The summed E-state index contributed by atoms with van der Waals surface area (Å²) in [5.41, 5.74) is 1.33. The summed E-state index contributed by atoms with van der Waals surface area (Å²) in [5.74, 6) is -0.547. The van der Waals surface area contributed by atoms with Gasteiger partial charge < -0.3 is 14.8 Å². The van der Waals surface area contributed by atoms with E-state index in [-0.39, 0.29) is 23.9 Å². The number of carbonyl (C=O) groups is 2. The van der Waals surface area contributed by atoms with Crippen molar-refractivity contribution in [3.63, 3.8) is 0 Å². The number of nitrogens with zero attached hydrogens (tertiary/aromatic N) is 1.